The van der Waals surface area contributed by atoms with Crippen molar-refractivity contribution >= 4 is 27.6 Å². The standard InChI is InChI=1S/C15H12.2C2H6/c1-2-11-9-10-13-6-3-5-12-7-4-8-14(11)15(12)13;2*1-2/h2-10H,1H3;2*1-2H3/b11-2-;;. The summed E-state index contributed by atoms with van der Waals surface area (Å²) in [5, 5.41) is 6.71. The van der Waals surface area contributed by atoms with E-state index in [9.17, 15) is 0 Å². The molecule has 0 unspecified atom stereocenters. The molecule has 0 aliphatic heterocycles. The molecule has 3 aromatic rings. The van der Waals surface area contributed by atoms with Crippen LogP contribution in [-0.2, 0) is 0 Å². The molecule has 0 heteroatoms. The van der Waals surface area contributed by atoms with Crippen molar-refractivity contribution in [3.63, 3.8) is 0 Å². The Balaban J connectivity index is 0.000000415. The fourth-order valence-corrected chi connectivity index (χ4v) is 2.27. The molecule has 0 radical (unpaired) electrons. The molecule has 0 amide bonds. The van der Waals surface area contributed by atoms with Gasteiger partial charge in [-0.1, -0.05) is 82.3 Å². The SMILES string of the molecule is C/C=c1/ccc2cccc3cccc1c32.CC.CC. The van der Waals surface area contributed by atoms with Gasteiger partial charge in [-0.3, -0.25) is 0 Å². The summed E-state index contributed by atoms with van der Waals surface area (Å²) in [5.74, 6) is 0. The van der Waals surface area contributed by atoms with Crippen LogP contribution in [0.3, 0.4) is 0 Å². The Hall–Kier alpha value is -1.82. The van der Waals surface area contributed by atoms with Crippen LogP contribution < -0.4 is 5.22 Å². The van der Waals surface area contributed by atoms with Gasteiger partial charge in [0.2, 0.25) is 0 Å². The second-order valence-corrected chi connectivity index (χ2v) is 3.83. The van der Waals surface area contributed by atoms with E-state index in [1.54, 1.807) is 0 Å². The predicted octanol–water partition coefficient (Wildman–Crippen LogP) is 5.56. The van der Waals surface area contributed by atoms with Crippen LogP contribution in [0.1, 0.15) is 34.6 Å². The maximum absolute atomic E-state index is 2.20. The Labute approximate surface area is 116 Å². The van der Waals surface area contributed by atoms with Crippen LogP contribution in [0.2, 0.25) is 0 Å². The highest BCUT2D eigenvalue weighted by Crippen LogP contribution is 2.23. The smallest absolute Gasteiger partial charge is 0.00330 e. The first kappa shape index (κ1) is 15.2. The quantitative estimate of drug-likeness (QED) is 0.491. The van der Waals surface area contributed by atoms with E-state index in [-0.39, 0.29) is 0 Å². The number of rotatable bonds is 0. The third-order valence-corrected chi connectivity index (χ3v) is 3.00. The summed E-state index contributed by atoms with van der Waals surface area (Å²) in [6, 6.07) is 17.4. The topological polar surface area (TPSA) is 0 Å². The van der Waals surface area contributed by atoms with E-state index in [0.29, 0.717) is 0 Å². The summed E-state index contributed by atoms with van der Waals surface area (Å²) in [5.41, 5.74) is 0. The Kier molecular flexibility index (Phi) is 6.08. The second kappa shape index (κ2) is 7.58. The third kappa shape index (κ3) is 2.96. The van der Waals surface area contributed by atoms with Crippen LogP contribution in [0.25, 0.3) is 27.6 Å². The van der Waals surface area contributed by atoms with Crippen molar-refractivity contribution in [2.24, 2.45) is 0 Å². The van der Waals surface area contributed by atoms with Gasteiger partial charge in [-0.2, -0.15) is 0 Å². The Morgan fingerprint density at radius 1 is 0.684 bits per heavy atom. The average molecular weight is 252 g/mol. The molecule has 0 heterocycles. The van der Waals surface area contributed by atoms with Gasteiger partial charge in [-0.15, -0.1) is 0 Å². The third-order valence-electron chi connectivity index (χ3n) is 3.00. The van der Waals surface area contributed by atoms with Gasteiger partial charge in [0.15, 0.2) is 0 Å². The van der Waals surface area contributed by atoms with E-state index in [4.69, 9.17) is 0 Å². The Morgan fingerprint density at radius 2 is 1.21 bits per heavy atom. The lowest BCUT2D eigenvalue weighted by Gasteiger charge is -2.05. The lowest BCUT2D eigenvalue weighted by atomic mass is 9.99. The first-order chi connectivity index (χ1) is 9.40. The van der Waals surface area contributed by atoms with Gasteiger partial charge in [0, 0.05) is 0 Å². The van der Waals surface area contributed by atoms with Crippen molar-refractivity contribution in [2.45, 2.75) is 34.6 Å². The van der Waals surface area contributed by atoms with E-state index in [2.05, 4.69) is 61.5 Å². The van der Waals surface area contributed by atoms with Crippen LogP contribution in [0.5, 0.6) is 0 Å². The van der Waals surface area contributed by atoms with E-state index in [1.807, 2.05) is 27.7 Å². The molecule has 0 aliphatic rings. The molecule has 0 atom stereocenters. The van der Waals surface area contributed by atoms with Crippen LogP contribution in [0, 0.1) is 0 Å². The number of hydrogen-bond donors (Lipinski definition) is 0. The first-order valence-electron chi connectivity index (χ1n) is 7.26. The molecule has 0 spiro atoms. The minimum absolute atomic E-state index is 1.32. The van der Waals surface area contributed by atoms with Gasteiger partial charge >= 0.3 is 0 Å². The Morgan fingerprint density at radius 3 is 1.79 bits per heavy atom. The largest absolute Gasteiger partial charge is 0.0798 e. The highest BCUT2D eigenvalue weighted by atomic mass is 14.0. The van der Waals surface area contributed by atoms with Gasteiger partial charge < -0.3 is 0 Å². The molecule has 0 N–H and O–H groups in total. The average Bonchev–Trinajstić information content (AvgIpc) is 2.52. The van der Waals surface area contributed by atoms with Crippen molar-refractivity contribution in [3.8, 4) is 0 Å². The number of hydrogen-bond acceptors (Lipinski definition) is 0. The lowest BCUT2D eigenvalue weighted by molar-refractivity contribution is 1.50. The summed E-state index contributed by atoms with van der Waals surface area (Å²) in [6.07, 6.45) is 2.17. The second-order valence-electron chi connectivity index (χ2n) is 3.83. The van der Waals surface area contributed by atoms with Crippen LogP contribution >= 0.6 is 0 Å². The van der Waals surface area contributed by atoms with Gasteiger partial charge in [-0.05, 0) is 33.7 Å². The summed E-state index contributed by atoms with van der Waals surface area (Å²) in [4.78, 5) is 0. The summed E-state index contributed by atoms with van der Waals surface area (Å²) < 4.78 is 0. The van der Waals surface area contributed by atoms with Crippen molar-refractivity contribution < 1.29 is 0 Å². The molecule has 3 rings (SSSR count). The summed E-state index contributed by atoms with van der Waals surface area (Å²) in [7, 11) is 0. The molecule has 3 aromatic carbocycles. The first-order valence-corrected chi connectivity index (χ1v) is 7.26. The molecule has 0 nitrogen and oxygen atoms in total. The highest BCUT2D eigenvalue weighted by Gasteiger charge is 2.00. The normalized spacial score (nSPS) is 10.7. The molecule has 100 valence electrons. The predicted molar refractivity (Wildman–Crippen MR) is 89.5 cm³/mol. The van der Waals surface area contributed by atoms with Crippen molar-refractivity contribution in [1.82, 2.24) is 0 Å². The van der Waals surface area contributed by atoms with Crippen LogP contribution in [-0.4, -0.2) is 0 Å². The highest BCUT2D eigenvalue weighted by molar-refractivity contribution is 6.10. The lowest BCUT2D eigenvalue weighted by Crippen LogP contribution is -2.00. The zero-order valence-electron chi connectivity index (χ0n) is 12.7. The van der Waals surface area contributed by atoms with Gasteiger partial charge in [0.25, 0.3) is 0 Å². The van der Waals surface area contributed by atoms with Gasteiger partial charge in [0.05, 0.1) is 0 Å². The fraction of sp³-hybridized carbons (Fsp3) is 0.263. The van der Waals surface area contributed by atoms with Crippen LogP contribution in [0.4, 0.5) is 0 Å². The molecule has 19 heavy (non-hydrogen) atoms. The minimum Gasteiger partial charge on any atom is -0.0798 e. The molecular formula is C19H24. The Bertz CT molecular complexity index is 655. The maximum atomic E-state index is 2.20. The zero-order valence-corrected chi connectivity index (χ0v) is 12.7. The van der Waals surface area contributed by atoms with Gasteiger partial charge in [0.1, 0.15) is 0 Å². The molecule has 0 aliphatic carbocycles. The molecule has 0 fully saturated rings. The van der Waals surface area contributed by atoms with E-state index < -0.39 is 0 Å². The molecular weight excluding hydrogens is 228 g/mol. The van der Waals surface area contributed by atoms with Crippen molar-refractivity contribution in [2.75, 3.05) is 0 Å². The molecule has 0 bridgehead atoms. The summed E-state index contributed by atoms with van der Waals surface area (Å²) in [6.45, 7) is 10.1. The molecule has 0 aromatic heterocycles. The number of benzene rings is 3. The molecule has 0 saturated heterocycles. The van der Waals surface area contributed by atoms with E-state index in [1.165, 1.54) is 26.8 Å². The maximum Gasteiger partial charge on any atom is -0.00330 e. The summed E-state index contributed by atoms with van der Waals surface area (Å²) >= 11 is 0. The molecule has 0 saturated carbocycles. The van der Waals surface area contributed by atoms with Crippen LogP contribution in [0.15, 0.2) is 48.5 Å². The van der Waals surface area contributed by atoms with E-state index >= 15 is 0 Å². The fourth-order valence-electron chi connectivity index (χ4n) is 2.27. The zero-order chi connectivity index (χ0) is 14.3. The minimum atomic E-state index is 1.32. The van der Waals surface area contributed by atoms with E-state index in [0.717, 1.165) is 0 Å². The monoisotopic (exact) mass is 252 g/mol. The van der Waals surface area contributed by atoms with Crippen molar-refractivity contribution in [3.05, 3.63) is 53.7 Å². The van der Waals surface area contributed by atoms with Crippen molar-refractivity contribution in [1.29, 1.82) is 0 Å². The van der Waals surface area contributed by atoms with Gasteiger partial charge in [-0.25, -0.2) is 0 Å².